The minimum Gasteiger partial charge on any atom is -0.494 e. The van der Waals surface area contributed by atoms with Crippen molar-refractivity contribution in [3.63, 3.8) is 0 Å². The number of aryl methyl sites for hydroxylation is 1. The Morgan fingerprint density at radius 1 is 1.00 bits per heavy atom. The van der Waals surface area contributed by atoms with Crippen LogP contribution < -0.4 is 10.1 Å². The molecule has 8 nitrogen and oxygen atoms in total. The molecule has 3 amide bonds. The van der Waals surface area contributed by atoms with Crippen LogP contribution in [0.5, 0.6) is 5.75 Å². The van der Waals surface area contributed by atoms with Crippen LogP contribution in [0.25, 0.3) is 0 Å². The zero-order chi connectivity index (χ0) is 31.7. The van der Waals surface area contributed by atoms with Gasteiger partial charge in [0.25, 0.3) is 5.91 Å². The Kier molecular flexibility index (Phi) is 8.53. The van der Waals surface area contributed by atoms with E-state index in [1.165, 1.54) is 6.07 Å². The third kappa shape index (κ3) is 6.39. The molecule has 1 atom stereocenters. The number of hydrogen-bond donors (Lipinski definition) is 1. The second-order valence-corrected chi connectivity index (χ2v) is 12.9. The highest BCUT2D eigenvalue weighted by Gasteiger charge is 2.42. The number of rotatable bonds is 8. The van der Waals surface area contributed by atoms with E-state index in [9.17, 15) is 14.4 Å². The van der Waals surface area contributed by atoms with Crippen molar-refractivity contribution in [2.75, 3.05) is 31.6 Å². The number of anilines is 1. The average molecular weight is 614 g/mol. The first-order chi connectivity index (χ1) is 21.6. The van der Waals surface area contributed by atoms with E-state index < -0.39 is 11.9 Å². The molecule has 9 heteroatoms. The molecule has 6 rings (SSSR count). The van der Waals surface area contributed by atoms with E-state index in [0.717, 1.165) is 35.1 Å². The molecule has 2 heterocycles. The van der Waals surface area contributed by atoms with Gasteiger partial charge in [-0.2, -0.15) is 0 Å². The summed E-state index contributed by atoms with van der Waals surface area (Å²) < 4.78 is 26.4. The summed E-state index contributed by atoms with van der Waals surface area (Å²) in [6.45, 7) is 7.88. The second-order valence-electron chi connectivity index (χ2n) is 12.9. The minimum atomic E-state index is -0.903. The van der Waals surface area contributed by atoms with Crippen molar-refractivity contribution in [2.45, 2.75) is 64.5 Å². The van der Waals surface area contributed by atoms with Crippen LogP contribution in [0.2, 0.25) is 0 Å². The molecule has 3 aliphatic rings. The number of nitrogens with one attached hydrogen (secondary N) is 1. The number of hydrogen-bond acceptors (Lipinski definition) is 5. The van der Waals surface area contributed by atoms with Gasteiger partial charge >= 0.3 is 12.0 Å². The zero-order valence-corrected chi connectivity index (χ0v) is 26.1. The van der Waals surface area contributed by atoms with Gasteiger partial charge in [0.05, 0.1) is 13.0 Å². The maximum absolute atomic E-state index is 15.3. The number of fused-ring (bicyclic) bond motifs is 2. The maximum atomic E-state index is 15.3. The number of ether oxygens (including phenoxy) is 2. The van der Waals surface area contributed by atoms with E-state index in [0.29, 0.717) is 49.7 Å². The summed E-state index contributed by atoms with van der Waals surface area (Å²) >= 11 is 0. The van der Waals surface area contributed by atoms with Crippen molar-refractivity contribution < 1.29 is 28.2 Å². The molecule has 0 spiro atoms. The summed E-state index contributed by atoms with van der Waals surface area (Å²) in [5.74, 6) is -0.309. The molecular weight excluding hydrogens is 573 g/mol. The van der Waals surface area contributed by atoms with Crippen LogP contribution >= 0.6 is 0 Å². The molecule has 1 N–H and O–H groups in total. The van der Waals surface area contributed by atoms with E-state index in [-0.39, 0.29) is 42.2 Å². The van der Waals surface area contributed by atoms with Gasteiger partial charge in [0, 0.05) is 31.2 Å². The summed E-state index contributed by atoms with van der Waals surface area (Å²) in [6.07, 6.45) is 2.39. The predicted molar refractivity (Wildman–Crippen MR) is 168 cm³/mol. The Labute approximate surface area is 263 Å². The van der Waals surface area contributed by atoms with Gasteiger partial charge in [0.2, 0.25) is 0 Å². The number of benzene rings is 3. The molecule has 0 aromatic heterocycles. The first kappa shape index (κ1) is 30.6. The van der Waals surface area contributed by atoms with Crippen LogP contribution in [0.3, 0.4) is 0 Å². The fourth-order valence-corrected chi connectivity index (χ4v) is 6.89. The van der Waals surface area contributed by atoms with E-state index in [1.54, 1.807) is 9.80 Å². The van der Waals surface area contributed by atoms with Gasteiger partial charge in [0.1, 0.15) is 24.2 Å². The topological polar surface area (TPSA) is 88.2 Å². The van der Waals surface area contributed by atoms with E-state index in [1.807, 2.05) is 75.4 Å². The Morgan fingerprint density at radius 2 is 1.78 bits per heavy atom. The van der Waals surface area contributed by atoms with Crippen molar-refractivity contribution in [3.05, 3.63) is 94.3 Å². The van der Waals surface area contributed by atoms with Crippen LogP contribution in [-0.2, 0) is 39.2 Å². The molecule has 3 aromatic carbocycles. The third-order valence-electron chi connectivity index (χ3n) is 9.21. The monoisotopic (exact) mass is 613 g/mol. The van der Waals surface area contributed by atoms with Gasteiger partial charge in [-0.3, -0.25) is 9.59 Å². The highest BCUT2D eigenvalue weighted by atomic mass is 19.1. The van der Waals surface area contributed by atoms with Gasteiger partial charge in [-0.25, -0.2) is 9.18 Å². The average Bonchev–Trinajstić information content (AvgIpc) is 3.31. The molecule has 0 bridgehead atoms. The van der Waals surface area contributed by atoms with Crippen molar-refractivity contribution >= 4 is 23.6 Å². The highest BCUT2D eigenvalue weighted by molar-refractivity contribution is 5.98. The van der Waals surface area contributed by atoms with Gasteiger partial charge in [0.15, 0.2) is 0 Å². The lowest BCUT2D eigenvalue weighted by molar-refractivity contribution is -0.147. The molecule has 1 aliphatic carbocycles. The van der Waals surface area contributed by atoms with Gasteiger partial charge < -0.3 is 24.6 Å². The Morgan fingerprint density at radius 3 is 2.53 bits per heavy atom. The normalized spacial score (nSPS) is 18.4. The lowest BCUT2D eigenvalue weighted by atomic mass is 9.86. The van der Waals surface area contributed by atoms with Crippen LogP contribution in [0.15, 0.2) is 60.7 Å². The number of carbonyl (C=O) groups is 3. The lowest BCUT2D eigenvalue weighted by Gasteiger charge is -2.45. The summed E-state index contributed by atoms with van der Waals surface area (Å²) in [5, 5.41) is 2.93. The van der Waals surface area contributed by atoms with E-state index in [4.69, 9.17) is 9.47 Å². The molecule has 1 saturated heterocycles. The Hall–Kier alpha value is -4.40. The first-order valence-corrected chi connectivity index (χ1v) is 15.8. The van der Waals surface area contributed by atoms with Gasteiger partial charge in [-0.05, 0) is 83.7 Å². The number of carbonyl (C=O) groups excluding carboxylic acids is 3. The SMILES string of the molecule is CCOc1ccc2c(c1)CCN(C(=O)N1CC(CC(=O)OCc3ccccc3)C1)C2C(=O)Nc1cc(F)c2c(c1)CCC2(C)C. The van der Waals surface area contributed by atoms with E-state index >= 15 is 4.39 Å². The Bertz CT molecular complexity index is 1600. The summed E-state index contributed by atoms with van der Waals surface area (Å²) in [5.41, 5.74) is 4.33. The largest absolute Gasteiger partial charge is 0.494 e. The molecule has 236 valence electrons. The minimum absolute atomic E-state index is 0.00559. The molecule has 0 saturated carbocycles. The second kappa shape index (κ2) is 12.5. The number of nitrogens with zero attached hydrogens (tertiary/aromatic N) is 2. The number of urea groups is 1. The first-order valence-electron chi connectivity index (χ1n) is 15.8. The molecule has 3 aromatic rings. The fourth-order valence-electron chi connectivity index (χ4n) is 6.89. The molecular formula is C36H40FN3O5. The Balaban J connectivity index is 1.16. The third-order valence-corrected chi connectivity index (χ3v) is 9.21. The van der Waals surface area contributed by atoms with Crippen molar-refractivity contribution in [2.24, 2.45) is 5.92 Å². The molecule has 1 unspecified atom stereocenters. The van der Waals surface area contributed by atoms with Gasteiger partial charge in [-0.15, -0.1) is 0 Å². The number of likely N-dealkylation sites (tertiary alicyclic amines) is 1. The van der Waals surface area contributed by atoms with Crippen LogP contribution in [-0.4, -0.2) is 53.9 Å². The number of amides is 3. The maximum Gasteiger partial charge on any atom is 0.320 e. The van der Waals surface area contributed by atoms with Crippen LogP contribution in [0, 0.1) is 11.7 Å². The van der Waals surface area contributed by atoms with E-state index in [2.05, 4.69) is 5.32 Å². The standard InChI is InChI=1S/C36H40FN3O5/c1-4-44-28-10-11-29-25(18-28)13-15-40(33(29)34(42)38-27-17-26-12-14-36(2,3)32(26)30(37)19-27)35(43)39-20-24(21-39)16-31(41)45-22-23-8-6-5-7-9-23/h5-11,17-19,24,33H,4,12-16,20-22H2,1-3H3,(H,38,42). The number of halogens is 1. The summed E-state index contributed by atoms with van der Waals surface area (Å²) in [6, 6.07) is 17.2. The fraction of sp³-hybridized carbons (Fsp3) is 0.417. The molecule has 0 radical (unpaired) electrons. The van der Waals surface area contributed by atoms with Crippen molar-refractivity contribution in [1.29, 1.82) is 0 Å². The summed E-state index contributed by atoms with van der Waals surface area (Å²) in [4.78, 5) is 43.5. The zero-order valence-electron chi connectivity index (χ0n) is 26.1. The summed E-state index contributed by atoms with van der Waals surface area (Å²) in [7, 11) is 0. The van der Waals surface area contributed by atoms with Crippen LogP contribution in [0.1, 0.15) is 67.5 Å². The van der Waals surface area contributed by atoms with Crippen molar-refractivity contribution in [1.82, 2.24) is 9.80 Å². The lowest BCUT2D eigenvalue weighted by Crippen LogP contribution is -2.58. The molecule has 2 aliphatic heterocycles. The van der Waals surface area contributed by atoms with Crippen molar-refractivity contribution in [3.8, 4) is 5.75 Å². The van der Waals surface area contributed by atoms with Gasteiger partial charge in [-0.1, -0.05) is 50.2 Å². The van der Waals surface area contributed by atoms with Crippen LogP contribution in [0.4, 0.5) is 14.9 Å². The smallest absolute Gasteiger partial charge is 0.320 e. The molecule has 1 fully saturated rings. The predicted octanol–water partition coefficient (Wildman–Crippen LogP) is 6.17. The quantitative estimate of drug-likeness (QED) is 0.307. The highest BCUT2D eigenvalue weighted by Crippen LogP contribution is 2.42. The molecule has 45 heavy (non-hydrogen) atoms. The number of esters is 1.